The Balaban J connectivity index is 2.04. The highest BCUT2D eigenvalue weighted by molar-refractivity contribution is 5.86. The third-order valence-electron chi connectivity index (χ3n) is 4.54. The molecule has 2 atom stereocenters. The number of piperidine rings is 1. The zero-order valence-corrected chi connectivity index (χ0v) is 11.6. The molecule has 3 rings (SSSR count). The van der Waals surface area contributed by atoms with Gasteiger partial charge in [-0.1, -0.05) is 6.42 Å². The lowest BCUT2D eigenvalue weighted by atomic mass is 9.92. The number of aromatic carboxylic acids is 1. The van der Waals surface area contributed by atoms with E-state index in [1.165, 1.54) is 12.1 Å². The van der Waals surface area contributed by atoms with Crippen LogP contribution in [0.4, 0.5) is 11.5 Å². The van der Waals surface area contributed by atoms with Gasteiger partial charge in [0.2, 0.25) is 5.82 Å². The van der Waals surface area contributed by atoms with E-state index in [0.717, 1.165) is 32.1 Å². The third kappa shape index (κ3) is 2.43. The van der Waals surface area contributed by atoms with Crippen molar-refractivity contribution in [2.45, 2.75) is 38.1 Å². The molecule has 0 aromatic carbocycles. The second-order valence-corrected chi connectivity index (χ2v) is 5.70. The molecule has 2 fully saturated rings. The minimum absolute atomic E-state index is 0.104. The van der Waals surface area contributed by atoms with Crippen molar-refractivity contribution in [1.82, 2.24) is 4.98 Å². The maximum atomic E-state index is 11.2. The molecule has 7 nitrogen and oxygen atoms in total. The summed E-state index contributed by atoms with van der Waals surface area (Å²) in [5, 5.41) is 20.3. The molecule has 0 radical (unpaired) electrons. The number of fused-ring (bicyclic) bond motifs is 1. The zero-order valence-electron chi connectivity index (χ0n) is 11.6. The fourth-order valence-electron chi connectivity index (χ4n) is 3.63. The number of carboxylic acids is 1. The molecule has 112 valence electrons. The monoisotopic (exact) mass is 291 g/mol. The summed E-state index contributed by atoms with van der Waals surface area (Å²) in [6.45, 7) is 0.706. The third-order valence-corrected chi connectivity index (χ3v) is 4.54. The minimum atomic E-state index is -1.16. The van der Waals surface area contributed by atoms with Gasteiger partial charge in [0.15, 0.2) is 5.69 Å². The standard InChI is InChI=1S/C14H17N3O4/c18-14(19)10-6-7-12(17(20)21)13(15-10)16-8-2-4-9-3-1-5-11(9)16/h6-7,9,11H,1-5,8H2,(H,18,19). The maximum absolute atomic E-state index is 11.2. The van der Waals surface area contributed by atoms with E-state index in [1.54, 1.807) is 0 Å². The highest BCUT2D eigenvalue weighted by Gasteiger charge is 2.38. The normalized spacial score (nSPS) is 24.7. The Morgan fingerprint density at radius 3 is 2.81 bits per heavy atom. The smallest absolute Gasteiger partial charge is 0.354 e. The van der Waals surface area contributed by atoms with E-state index in [0.29, 0.717) is 12.5 Å². The molecule has 1 aliphatic carbocycles. The van der Waals surface area contributed by atoms with Crippen molar-refractivity contribution in [3.63, 3.8) is 0 Å². The van der Waals surface area contributed by atoms with Crippen molar-refractivity contribution in [2.75, 3.05) is 11.4 Å². The number of carboxylic acid groups (broad SMARTS) is 1. The minimum Gasteiger partial charge on any atom is -0.477 e. The summed E-state index contributed by atoms with van der Waals surface area (Å²) in [4.78, 5) is 27.9. The Bertz CT molecular complexity index is 590. The quantitative estimate of drug-likeness (QED) is 0.678. The van der Waals surface area contributed by atoms with Crippen molar-refractivity contribution in [3.05, 3.63) is 27.9 Å². The molecule has 2 unspecified atom stereocenters. The van der Waals surface area contributed by atoms with Crippen LogP contribution < -0.4 is 4.90 Å². The Kier molecular flexibility index (Phi) is 3.48. The fourth-order valence-corrected chi connectivity index (χ4v) is 3.63. The SMILES string of the molecule is O=C(O)c1ccc([N+](=O)[O-])c(N2CCCC3CCCC32)n1. The molecule has 1 N–H and O–H groups in total. The number of rotatable bonds is 3. The topological polar surface area (TPSA) is 96.6 Å². The molecule has 1 aromatic heterocycles. The van der Waals surface area contributed by atoms with Crippen LogP contribution >= 0.6 is 0 Å². The number of nitrogens with zero attached hydrogens (tertiary/aromatic N) is 3. The van der Waals surface area contributed by atoms with Crippen LogP contribution in [0.5, 0.6) is 0 Å². The fraction of sp³-hybridized carbons (Fsp3) is 0.571. The van der Waals surface area contributed by atoms with E-state index in [-0.39, 0.29) is 23.2 Å². The highest BCUT2D eigenvalue weighted by Crippen LogP contribution is 2.41. The van der Waals surface area contributed by atoms with Crippen LogP contribution in [-0.4, -0.2) is 33.6 Å². The lowest BCUT2D eigenvalue weighted by Gasteiger charge is -2.38. The molecule has 1 aliphatic heterocycles. The molecule has 7 heteroatoms. The van der Waals surface area contributed by atoms with Crippen LogP contribution in [0.2, 0.25) is 0 Å². The summed E-state index contributed by atoms with van der Waals surface area (Å²) >= 11 is 0. The molecule has 1 saturated heterocycles. The average Bonchev–Trinajstić information content (AvgIpc) is 2.94. The largest absolute Gasteiger partial charge is 0.477 e. The number of nitro groups is 1. The van der Waals surface area contributed by atoms with Crippen molar-refractivity contribution in [2.24, 2.45) is 5.92 Å². The van der Waals surface area contributed by atoms with Crippen LogP contribution in [0.15, 0.2) is 12.1 Å². The first-order valence-corrected chi connectivity index (χ1v) is 7.23. The van der Waals surface area contributed by atoms with Crippen molar-refractivity contribution in [1.29, 1.82) is 0 Å². The summed E-state index contributed by atoms with van der Waals surface area (Å²) < 4.78 is 0. The number of anilines is 1. The first kappa shape index (κ1) is 13.8. The highest BCUT2D eigenvalue weighted by atomic mass is 16.6. The van der Waals surface area contributed by atoms with Gasteiger partial charge in [0.05, 0.1) is 4.92 Å². The van der Waals surface area contributed by atoms with Crippen LogP contribution in [0.1, 0.15) is 42.6 Å². The van der Waals surface area contributed by atoms with E-state index in [2.05, 4.69) is 4.98 Å². The van der Waals surface area contributed by atoms with Gasteiger partial charge in [-0.2, -0.15) is 0 Å². The number of carbonyl (C=O) groups is 1. The van der Waals surface area contributed by atoms with E-state index in [1.807, 2.05) is 4.90 Å². The molecule has 21 heavy (non-hydrogen) atoms. The van der Waals surface area contributed by atoms with Crippen molar-refractivity contribution >= 4 is 17.5 Å². The lowest BCUT2D eigenvalue weighted by molar-refractivity contribution is -0.384. The summed E-state index contributed by atoms with van der Waals surface area (Å²) in [5.74, 6) is -0.392. The first-order valence-electron chi connectivity index (χ1n) is 7.23. The van der Waals surface area contributed by atoms with Gasteiger partial charge < -0.3 is 10.0 Å². The van der Waals surface area contributed by atoms with Gasteiger partial charge in [-0.25, -0.2) is 9.78 Å². The van der Waals surface area contributed by atoms with Crippen LogP contribution in [0.25, 0.3) is 0 Å². The Morgan fingerprint density at radius 1 is 1.33 bits per heavy atom. The number of hydrogen-bond acceptors (Lipinski definition) is 5. The average molecular weight is 291 g/mol. The summed E-state index contributed by atoms with van der Waals surface area (Å²) in [6.07, 6.45) is 5.39. The predicted molar refractivity (Wildman–Crippen MR) is 75.6 cm³/mol. The van der Waals surface area contributed by atoms with Gasteiger partial charge >= 0.3 is 11.7 Å². The van der Waals surface area contributed by atoms with E-state index < -0.39 is 10.9 Å². The lowest BCUT2D eigenvalue weighted by Crippen LogP contribution is -2.43. The van der Waals surface area contributed by atoms with Gasteiger partial charge in [0.1, 0.15) is 0 Å². The molecule has 0 amide bonds. The molecular formula is C14H17N3O4. The van der Waals surface area contributed by atoms with E-state index in [9.17, 15) is 14.9 Å². The van der Waals surface area contributed by atoms with Gasteiger partial charge in [-0.3, -0.25) is 10.1 Å². The second kappa shape index (κ2) is 5.31. The summed E-state index contributed by atoms with van der Waals surface area (Å²) in [7, 11) is 0. The van der Waals surface area contributed by atoms with Gasteiger partial charge in [0, 0.05) is 18.7 Å². The molecule has 2 aliphatic rings. The molecule has 2 heterocycles. The molecule has 0 bridgehead atoms. The zero-order chi connectivity index (χ0) is 15.0. The Morgan fingerprint density at radius 2 is 2.10 bits per heavy atom. The van der Waals surface area contributed by atoms with Crippen LogP contribution in [0.3, 0.4) is 0 Å². The number of hydrogen-bond donors (Lipinski definition) is 1. The van der Waals surface area contributed by atoms with Crippen molar-refractivity contribution < 1.29 is 14.8 Å². The summed E-state index contributed by atoms with van der Waals surface area (Å²) in [5.41, 5.74) is -0.247. The van der Waals surface area contributed by atoms with Gasteiger partial charge in [-0.05, 0) is 37.7 Å². The number of pyridine rings is 1. The molecular weight excluding hydrogens is 274 g/mol. The van der Waals surface area contributed by atoms with Crippen molar-refractivity contribution in [3.8, 4) is 0 Å². The van der Waals surface area contributed by atoms with Crippen LogP contribution in [0, 0.1) is 16.0 Å². The maximum Gasteiger partial charge on any atom is 0.354 e. The Labute approximate surface area is 121 Å². The van der Waals surface area contributed by atoms with Crippen LogP contribution in [-0.2, 0) is 0 Å². The summed E-state index contributed by atoms with van der Waals surface area (Å²) in [6, 6.07) is 2.71. The first-order chi connectivity index (χ1) is 10.1. The van der Waals surface area contributed by atoms with E-state index >= 15 is 0 Å². The number of aromatic nitrogens is 1. The molecule has 0 spiro atoms. The molecule has 1 saturated carbocycles. The second-order valence-electron chi connectivity index (χ2n) is 5.70. The predicted octanol–water partition coefficient (Wildman–Crippen LogP) is 2.46. The van der Waals surface area contributed by atoms with Gasteiger partial charge in [-0.15, -0.1) is 0 Å². The van der Waals surface area contributed by atoms with E-state index in [4.69, 9.17) is 5.11 Å². The van der Waals surface area contributed by atoms with Gasteiger partial charge in [0.25, 0.3) is 0 Å². The molecule has 1 aromatic rings. The Hall–Kier alpha value is -2.18.